The van der Waals surface area contributed by atoms with E-state index in [0.29, 0.717) is 44.8 Å². The minimum atomic E-state index is -3.69. The summed E-state index contributed by atoms with van der Waals surface area (Å²) in [5, 5.41) is 0. The third kappa shape index (κ3) is 4.96. The zero-order chi connectivity index (χ0) is 23.8. The molecule has 4 aromatic rings. The van der Waals surface area contributed by atoms with Gasteiger partial charge in [-0.15, -0.1) is 0 Å². The Morgan fingerprint density at radius 2 is 1.85 bits per heavy atom. The number of hydrogen-bond donors (Lipinski definition) is 2. The number of benzene rings is 2. The standard InChI is InChI=1S/C25H25N4O3S/c1-16-10-11-18(20(12-16)29-33(31,32)15-17-8-6-5-7-9-17)21-14-27-24-22(28-21)19(13-26-24)23(30)25(2,3)4/h5-14,29H,1,15H2,2-4H3,(H,26,27). The van der Waals surface area contributed by atoms with Crippen LogP contribution in [0.2, 0.25) is 0 Å². The first-order valence-corrected chi connectivity index (χ1v) is 12.1. The number of sulfonamides is 1. The quantitative estimate of drug-likeness (QED) is 0.394. The minimum absolute atomic E-state index is 0.0582. The van der Waals surface area contributed by atoms with Crippen molar-refractivity contribution in [2.24, 2.45) is 5.41 Å². The maximum atomic E-state index is 12.9. The van der Waals surface area contributed by atoms with Gasteiger partial charge in [-0.25, -0.2) is 18.4 Å². The van der Waals surface area contributed by atoms with Crippen molar-refractivity contribution in [1.29, 1.82) is 0 Å². The second kappa shape index (κ2) is 8.44. The maximum absolute atomic E-state index is 12.9. The fraction of sp³-hybridized carbons (Fsp3) is 0.200. The molecule has 8 heteroatoms. The number of carbonyl (C=O) groups is 1. The zero-order valence-corrected chi connectivity index (χ0v) is 19.5. The van der Waals surface area contributed by atoms with Crippen molar-refractivity contribution in [2.45, 2.75) is 26.5 Å². The summed E-state index contributed by atoms with van der Waals surface area (Å²) in [6, 6.07) is 14.1. The number of carbonyl (C=O) groups excluding carboxylic acids is 1. The van der Waals surface area contributed by atoms with Gasteiger partial charge in [-0.2, -0.15) is 0 Å². The number of aromatic amines is 1. The Hall–Kier alpha value is -3.52. The van der Waals surface area contributed by atoms with Crippen LogP contribution in [-0.2, 0) is 15.8 Å². The summed E-state index contributed by atoms with van der Waals surface area (Å²) < 4.78 is 28.4. The van der Waals surface area contributed by atoms with Crippen molar-refractivity contribution in [3.63, 3.8) is 0 Å². The first-order valence-electron chi connectivity index (χ1n) is 10.4. The number of hydrogen-bond acceptors (Lipinski definition) is 5. The maximum Gasteiger partial charge on any atom is 0.236 e. The van der Waals surface area contributed by atoms with Crippen LogP contribution in [0.4, 0.5) is 5.69 Å². The van der Waals surface area contributed by atoms with Crippen LogP contribution in [-0.4, -0.2) is 29.2 Å². The van der Waals surface area contributed by atoms with Crippen LogP contribution in [0.1, 0.15) is 42.3 Å². The second-order valence-corrected chi connectivity index (χ2v) is 10.7. The molecular weight excluding hydrogens is 436 g/mol. The van der Waals surface area contributed by atoms with Gasteiger partial charge in [-0.3, -0.25) is 9.52 Å². The van der Waals surface area contributed by atoms with Crippen LogP contribution >= 0.6 is 0 Å². The van der Waals surface area contributed by atoms with Gasteiger partial charge < -0.3 is 4.98 Å². The highest BCUT2D eigenvalue weighted by Crippen LogP contribution is 2.31. The smallest absolute Gasteiger partial charge is 0.236 e. The lowest BCUT2D eigenvalue weighted by Crippen LogP contribution is -2.20. The lowest BCUT2D eigenvalue weighted by molar-refractivity contribution is 0.0860. The molecule has 0 fully saturated rings. The van der Waals surface area contributed by atoms with Gasteiger partial charge >= 0.3 is 0 Å². The Morgan fingerprint density at radius 3 is 2.55 bits per heavy atom. The molecule has 0 bridgehead atoms. The monoisotopic (exact) mass is 461 g/mol. The van der Waals surface area contributed by atoms with Gasteiger partial charge in [0.25, 0.3) is 0 Å². The predicted octanol–water partition coefficient (Wildman–Crippen LogP) is 4.98. The highest BCUT2D eigenvalue weighted by Gasteiger charge is 2.26. The topological polar surface area (TPSA) is 105 Å². The van der Waals surface area contributed by atoms with Gasteiger partial charge in [0.15, 0.2) is 11.4 Å². The molecule has 0 aliphatic heterocycles. The molecule has 2 heterocycles. The van der Waals surface area contributed by atoms with Crippen molar-refractivity contribution >= 4 is 32.7 Å². The summed E-state index contributed by atoms with van der Waals surface area (Å²) in [6.07, 6.45) is 3.17. The number of aromatic nitrogens is 3. The van der Waals surface area contributed by atoms with E-state index in [2.05, 4.69) is 26.6 Å². The van der Waals surface area contributed by atoms with Crippen molar-refractivity contribution in [3.8, 4) is 11.3 Å². The molecule has 0 spiro atoms. The van der Waals surface area contributed by atoms with Crippen LogP contribution in [0.15, 0.2) is 60.9 Å². The van der Waals surface area contributed by atoms with Crippen LogP contribution in [0.25, 0.3) is 22.4 Å². The Labute approximate surface area is 193 Å². The van der Waals surface area contributed by atoms with Gasteiger partial charge in [-0.05, 0) is 24.1 Å². The molecule has 0 saturated heterocycles. The van der Waals surface area contributed by atoms with Crippen LogP contribution in [0, 0.1) is 12.3 Å². The van der Waals surface area contributed by atoms with E-state index in [0.717, 1.165) is 0 Å². The number of nitrogens with one attached hydrogen (secondary N) is 2. The van der Waals surface area contributed by atoms with E-state index in [9.17, 15) is 13.2 Å². The summed E-state index contributed by atoms with van der Waals surface area (Å²) in [5.41, 5.74) is 3.48. The Kier molecular flexibility index (Phi) is 5.80. The number of anilines is 1. The van der Waals surface area contributed by atoms with Crippen LogP contribution < -0.4 is 4.72 Å². The molecule has 33 heavy (non-hydrogen) atoms. The lowest BCUT2D eigenvalue weighted by atomic mass is 9.87. The number of H-pyrrole nitrogens is 1. The Balaban J connectivity index is 1.75. The van der Waals surface area contributed by atoms with Crippen molar-refractivity contribution in [2.75, 3.05) is 4.72 Å². The zero-order valence-electron chi connectivity index (χ0n) is 18.7. The van der Waals surface area contributed by atoms with E-state index in [4.69, 9.17) is 0 Å². The van der Waals surface area contributed by atoms with E-state index in [1.165, 1.54) is 0 Å². The van der Waals surface area contributed by atoms with Crippen molar-refractivity contribution in [3.05, 3.63) is 84.5 Å². The van der Waals surface area contributed by atoms with Gasteiger partial charge in [0.05, 0.1) is 28.9 Å². The number of nitrogens with zero attached hydrogens (tertiary/aromatic N) is 2. The fourth-order valence-electron chi connectivity index (χ4n) is 3.49. The molecule has 0 saturated carbocycles. The number of fused-ring (bicyclic) bond motifs is 1. The SMILES string of the molecule is [CH2]c1ccc(-c2cnc3[nH]cc(C(=O)C(C)(C)C)c3n2)c(NS(=O)(=O)Cc2ccccc2)c1. The van der Waals surface area contributed by atoms with E-state index in [1.54, 1.807) is 54.9 Å². The predicted molar refractivity (Wildman–Crippen MR) is 130 cm³/mol. The molecule has 0 amide bonds. The molecule has 1 radical (unpaired) electrons. The summed E-state index contributed by atoms with van der Waals surface area (Å²) in [6.45, 7) is 9.45. The third-order valence-corrected chi connectivity index (χ3v) is 6.38. The van der Waals surface area contributed by atoms with Gasteiger partial charge in [-0.1, -0.05) is 63.2 Å². The Bertz CT molecular complexity index is 1440. The van der Waals surface area contributed by atoms with E-state index < -0.39 is 15.4 Å². The number of rotatable bonds is 6. The summed E-state index contributed by atoms with van der Waals surface area (Å²) >= 11 is 0. The molecule has 4 rings (SSSR count). The second-order valence-electron chi connectivity index (χ2n) is 8.96. The first kappa shape index (κ1) is 22.7. The van der Waals surface area contributed by atoms with Gasteiger partial charge in [0.1, 0.15) is 5.52 Å². The molecular formula is C25H25N4O3S. The van der Waals surface area contributed by atoms with E-state index in [-0.39, 0.29) is 11.5 Å². The molecule has 0 unspecified atom stereocenters. The molecule has 2 aromatic carbocycles. The van der Waals surface area contributed by atoms with Gasteiger partial charge in [0.2, 0.25) is 10.0 Å². The molecule has 7 nitrogen and oxygen atoms in total. The molecule has 2 aromatic heterocycles. The van der Waals surface area contributed by atoms with Gasteiger partial charge in [0, 0.05) is 17.2 Å². The highest BCUT2D eigenvalue weighted by molar-refractivity contribution is 7.91. The summed E-state index contributed by atoms with van der Waals surface area (Å²) in [5.74, 6) is -0.224. The third-order valence-electron chi connectivity index (χ3n) is 5.13. The number of Topliss-reactive ketones (excluding diaryl/α,β-unsaturated/α-hetero) is 1. The van der Waals surface area contributed by atoms with Crippen molar-refractivity contribution < 1.29 is 13.2 Å². The van der Waals surface area contributed by atoms with E-state index in [1.807, 2.05) is 26.8 Å². The molecule has 0 aliphatic rings. The number of ketones is 1. The lowest BCUT2D eigenvalue weighted by Gasteiger charge is -2.16. The largest absolute Gasteiger partial charge is 0.344 e. The molecule has 0 atom stereocenters. The average molecular weight is 462 g/mol. The molecule has 169 valence electrons. The molecule has 2 N–H and O–H groups in total. The van der Waals surface area contributed by atoms with Crippen molar-refractivity contribution in [1.82, 2.24) is 15.0 Å². The summed E-state index contributed by atoms with van der Waals surface area (Å²) in [4.78, 5) is 24.9. The fourth-order valence-corrected chi connectivity index (χ4v) is 4.70. The normalized spacial score (nSPS) is 12.1. The van der Waals surface area contributed by atoms with E-state index >= 15 is 0 Å². The van der Waals surface area contributed by atoms with Crippen LogP contribution in [0.5, 0.6) is 0 Å². The van der Waals surface area contributed by atoms with Crippen LogP contribution in [0.3, 0.4) is 0 Å². The highest BCUT2D eigenvalue weighted by atomic mass is 32.2. The average Bonchev–Trinajstić information content (AvgIpc) is 3.15. The summed E-state index contributed by atoms with van der Waals surface area (Å²) in [7, 11) is -3.69. The Morgan fingerprint density at radius 1 is 1.12 bits per heavy atom. The molecule has 0 aliphatic carbocycles. The first-order chi connectivity index (χ1) is 15.5. The minimum Gasteiger partial charge on any atom is -0.344 e.